The fraction of sp³-hybridized carbons (Fsp3) is 0.500. The lowest BCUT2D eigenvalue weighted by Crippen LogP contribution is -2.08. The molecule has 0 spiro atoms. The molecule has 1 rings (SSSR count). The molecule has 0 fully saturated rings. The van der Waals surface area contributed by atoms with E-state index in [0.29, 0.717) is 23.4 Å². The Bertz CT molecular complexity index is 107. The zero-order valence-electron chi connectivity index (χ0n) is 4.13. The third-order valence-electron chi connectivity index (χ3n) is 0.744. The molecule has 0 unspecified atom stereocenters. The van der Waals surface area contributed by atoms with Crippen molar-refractivity contribution in [2.75, 3.05) is 13.2 Å². The highest BCUT2D eigenvalue weighted by atomic mass is 32.1. The molecule has 0 aliphatic carbocycles. The van der Waals surface area contributed by atoms with E-state index in [1.807, 2.05) is 0 Å². The Morgan fingerprint density at radius 2 is 1.38 bits per heavy atom. The first-order chi connectivity index (χ1) is 3.80. The van der Waals surface area contributed by atoms with Crippen LogP contribution in [0.1, 0.15) is 0 Å². The topological polar surface area (TPSA) is 18.5 Å². The molecule has 2 nitrogen and oxygen atoms in total. The maximum absolute atomic E-state index is 4.93. The molecule has 0 aromatic rings. The van der Waals surface area contributed by atoms with Crippen LogP contribution in [0.5, 0.6) is 0 Å². The molecule has 1 aliphatic rings. The first-order valence-electron chi connectivity index (χ1n) is 2.18. The molecule has 0 N–H and O–H groups in total. The monoisotopic (exact) mass is 150 g/mol. The minimum absolute atomic E-state index is 0.472. The number of rotatable bonds is 0. The van der Waals surface area contributed by atoms with Gasteiger partial charge in [0.1, 0.15) is 13.2 Å². The van der Waals surface area contributed by atoms with Crippen molar-refractivity contribution >= 4 is 25.3 Å². The van der Waals surface area contributed by atoms with Crippen molar-refractivity contribution in [2.45, 2.75) is 0 Å². The van der Waals surface area contributed by atoms with Crippen LogP contribution in [0.2, 0.25) is 0 Å². The molecule has 1 heterocycles. The van der Waals surface area contributed by atoms with Crippen LogP contribution in [0, 0.1) is 0 Å². The van der Waals surface area contributed by atoms with E-state index in [-0.39, 0.29) is 0 Å². The number of ether oxygens (including phenoxy) is 2. The summed E-state index contributed by atoms with van der Waals surface area (Å²) in [4.78, 5) is 0. The number of thiol groups is 2. The van der Waals surface area contributed by atoms with Crippen LogP contribution in [0.15, 0.2) is 10.2 Å². The molecular formula is C4H6O2S2. The molecular weight excluding hydrogens is 144 g/mol. The first-order valence-corrected chi connectivity index (χ1v) is 3.08. The van der Waals surface area contributed by atoms with Crippen LogP contribution in [-0.4, -0.2) is 13.2 Å². The van der Waals surface area contributed by atoms with Gasteiger partial charge in [0.25, 0.3) is 0 Å². The van der Waals surface area contributed by atoms with E-state index < -0.39 is 0 Å². The zero-order valence-corrected chi connectivity index (χ0v) is 5.91. The first kappa shape index (κ1) is 6.16. The summed E-state index contributed by atoms with van der Waals surface area (Å²) in [6.07, 6.45) is 0. The van der Waals surface area contributed by atoms with Crippen molar-refractivity contribution in [3.63, 3.8) is 0 Å². The standard InChI is InChI=1S/C4H6O2S2/c7-3-4(8)6-2-1-5-3/h7-8H,1-2H2. The highest BCUT2D eigenvalue weighted by Gasteiger charge is 2.06. The molecule has 0 saturated carbocycles. The highest BCUT2D eigenvalue weighted by Crippen LogP contribution is 2.18. The number of hydrogen-bond donors (Lipinski definition) is 2. The molecule has 46 valence electrons. The van der Waals surface area contributed by atoms with Crippen LogP contribution in [0.3, 0.4) is 0 Å². The van der Waals surface area contributed by atoms with Gasteiger partial charge in [0.2, 0.25) is 0 Å². The molecule has 0 aromatic carbocycles. The Labute approximate surface area is 58.7 Å². The van der Waals surface area contributed by atoms with E-state index in [2.05, 4.69) is 25.3 Å². The third kappa shape index (κ3) is 1.26. The van der Waals surface area contributed by atoms with Gasteiger partial charge >= 0.3 is 0 Å². The van der Waals surface area contributed by atoms with E-state index >= 15 is 0 Å². The molecule has 4 heteroatoms. The average molecular weight is 150 g/mol. The lowest BCUT2D eigenvalue weighted by molar-refractivity contribution is 0.0949. The Morgan fingerprint density at radius 3 is 1.62 bits per heavy atom. The zero-order chi connectivity index (χ0) is 5.98. The maximum atomic E-state index is 4.93. The van der Waals surface area contributed by atoms with E-state index in [1.165, 1.54) is 0 Å². The lowest BCUT2D eigenvalue weighted by Gasteiger charge is -2.14. The Morgan fingerprint density at radius 1 is 1.00 bits per heavy atom. The normalized spacial score (nSPS) is 19.8. The van der Waals surface area contributed by atoms with E-state index in [4.69, 9.17) is 9.47 Å². The molecule has 0 radical (unpaired) electrons. The molecule has 0 amide bonds. The molecule has 0 atom stereocenters. The van der Waals surface area contributed by atoms with E-state index in [1.54, 1.807) is 0 Å². The van der Waals surface area contributed by atoms with Crippen LogP contribution >= 0.6 is 25.3 Å². The molecule has 1 aliphatic heterocycles. The SMILES string of the molecule is SC1=C(S)OCCO1. The summed E-state index contributed by atoms with van der Waals surface area (Å²) in [6, 6.07) is 0. The highest BCUT2D eigenvalue weighted by molar-refractivity contribution is 7.88. The lowest BCUT2D eigenvalue weighted by atomic mass is 10.7. The summed E-state index contributed by atoms with van der Waals surface area (Å²) in [7, 11) is 0. The molecule has 0 saturated heterocycles. The molecule has 0 bridgehead atoms. The minimum atomic E-state index is 0.472. The third-order valence-corrected chi connectivity index (χ3v) is 1.58. The minimum Gasteiger partial charge on any atom is -0.480 e. The van der Waals surface area contributed by atoms with Crippen molar-refractivity contribution < 1.29 is 9.47 Å². The smallest absolute Gasteiger partial charge is 0.199 e. The van der Waals surface area contributed by atoms with Gasteiger partial charge in [-0.1, -0.05) is 0 Å². The van der Waals surface area contributed by atoms with Crippen molar-refractivity contribution in [3.05, 3.63) is 10.2 Å². The van der Waals surface area contributed by atoms with Crippen LogP contribution in [0.25, 0.3) is 0 Å². The van der Waals surface area contributed by atoms with Crippen molar-refractivity contribution in [3.8, 4) is 0 Å². The van der Waals surface area contributed by atoms with Crippen molar-refractivity contribution in [1.29, 1.82) is 0 Å². The predicted octanol–water partition coefficient (Wildman–Crippen LogP) is 1.02. The van der Waals surface area contributed by atoms with Gasteiger partial charge in [0.05, 0.1) is 0 Å². The summed E-state index contributed by atoms with van der Waals surface area (Å²) in [5.74, 6) is 0. The second kappa shape index (κ2) is 2.55. The Kier molecular flexibility index (Phi) is 1.96. The predicted molar refractivity (Wildman–Crippen MR) is 36.9 cm³/mol. The Hall–Kier alpha value is 0.0400. The summed E-state index contributed by atoms with van der Waals surface area (Å²) in [5, 5.41) is 0.944. The van der Waals surface area contributed by atoms with Crippen molar-refractivity contribution in [1.82, 2.24) is 0 Å². The van der Waals surface area contributed by atoms with Gasteiger partial charge in [-0.15, -0.1) is 25.3 Å². The summed E-state index contributed by atoms with van der Waals surface area (Å²) in [5.41, 5.74) is 0. The van der Waals surface area contributed by atoms with Gasteiger partial charge in [-0.25, -0.2) is 0 Å². The number of hydrogen-bond acceptors (Lipinski definition) is 4. The van der Waals surface area contributed by atoms with Crippen LogP contribution < -0.4 is 0 Å². The summed E-state index contributed by atoms with van der Waals surface area (Å²) >= 11 is 7.82. The second-order valence-corrected chi connectivity index (χ2v) is 2.12. The van der Waals surface area contributed by atoms with Crippen LogP contribution in [-0.2, 0) is 9.47 Å². The van der Waals surface area contributed by atoms with Gasteiger partial charge in [0, 0.05) is 0 Å². The Balaban J connectivity index is 2.60. The van der Waals surface area contributed by atoms with Gasteiger partial charge in [-0.2, -0.15) is 0 Å². The summed E-state index contributed by atoms with van der Waals surface area (Å²) in [6.45, 7) is 1.14. The molecule has 0 aromatic heterocycles. The summed E-state index contributed by atoms with van der Waals surface area (Å²) < 4.78 is 9.86. The quantitative estimate of drug-likeness (QED) is 0.502. The van der Waals surface area contributed by atoms with Gasteiger partial charge in [-0.3, -0.25) is 0 Å². The van der Waals surface area contributed by atoms with Gasteiger partial charge in [-0.05, 0) is 0 Å². The van der Waals surface area contributed by atoms with Crippen molar-refractivity contribution in [2.24, 2.45) is 0 Å². The van der Waals surface area contributed by atoms with E-state index in [9.17, 15) is 0 Å². The fourth-order valence-corrected chi connectivity index (χ4v) is 0.712. The van der Waals surface area contributed by atoms with Gasteiger partial charge in [0.15, 0.2) is 10.2 Å². The molecule has 8 heavy (non-hydrogen) atoms. The fourth-order valence-electron chi connectivity index (χ4n) is 0.400. The largest absolute Gasteiger partial charge is 0.480 e. The van der Waals surface area contributed by atoms with E-state index in [0.717, 1.165) is 0 Å². The maximum Gasteiger partial charge on any atom is 0.199 e. The van der Waals surface area contributed by atoms with Gasteiger partial charge < -0.3 is 9.47 Å². The van der Waals surface area contributed by atoms with Crippen LogP contribution in [0.4, 0.5) is 0 Å². The second-order valence-electron chi connectivity index (χ2n) is 1.31. The average Bonchev–Trinajstić information content (AvgIpc) is 1.77.